The summed E-state index contributed by atoms with van der Waals surface area (Å²) >= 11 is 0. The molecule has 1 aliphatic rings. The van der Waals surface area contributed by atoms with Gasteiger partial charge in [-0.15, -0.1) is 0 Å². The minimum absolute atomic E-state index is 0.0668. The number of ether oxygens (including phenoxy) is 1. The monoisotopic (exact) mass is 244 g/mol. The molecule has 0 radical (unpaired) electrons. The number of carboxylic acid groups (broad SMARTS) is 1. The van der Waals surface area contributed by atoms with Crippen LogP contribution in [0.5, 0.6) is 0 Å². The Bertz CT molecular complexity index is 287. The Hall–Kier alpha value is -1.14. The molecule has 98 valence electrons. The van der Waals surface area contributed by atoms with Crippen LogP contribution in [0.1, 0.15) is 32.6 Å². The lowest BCUT2D eigenvalue weighted by molar-refractivity contribution is -0.137. The molecule has 0 aromatic carbocycles. The van der Waals surface area contributed by atoms with Gasteiger partial charge in [-0.3, -0.25) is 9.59 Å². The van der Waals surface area contributed by atoms with Crippen LogP contribution in [0.2, 0.25) is 0 Å². The summed E-state index contributed by atoms with van der Waals surface area (Å²) in [6, 6.07) is -0.0668. The molecule has 2 atom stereocenters. The van der Waals surface area contributed by atoms with Crippen molar-refractivity contribution in [1.29, 1.82) is 0 Å². The van der Waals surface area contributed by atoms with E-state index in [-0.39, 0.29) is 25.0 Å². The molecule has 6 nitrogen and oxygen atoms in total. The van der Waals surface area contributed by atoms with Gasteiger partial charge in [0.2, 0.25) is 5.91 Å². The number of hydrogen-bond donors (Lipinski definition) is 3. The van der Waals surface area contributed by atoms with E-state index >= 15 is 0 Å². The van der Waals surface area contributed by atoms with E-state index in [1.165, 1.54) is 0 Å². The van der Waals surface area contributed by atoms with E-state index in [1.807, 2.05) is 6.92 Å². The highest BCUT2D eigenvalue weighted by Gasteiger charge is 2.38. The fourth-order valence-corrected chi connectivity index (χ4v) is 1.76. The van der Waals surface area contributed by atoms with Crippen LogP contribution >= 0.6 is 0 Å². The van der Waals surface area contributed by atoms with Gasteiger partial charge in [-0.25, -0.2) is 0 Å². The first-order valence-corrected chi connectivity index (χ1v) is 5.83. The standard InChI is InChI=1S/C11H20N2O4/c1-8(3-2-4-9(14)15)13-10(16)11(12)5-6-17-7-11/h8H,2-7,12H2,1H3,(H,13,16)(H,14,15). The van der Waals surface area contributed by atoms with E-state index in [0.29, 0.717) is 25.9 Å². The lowest BCUT2D eigenvalue weighted by Crippen LogP contribution is -2.56. The third-order valence-corrected chi connectivity index (χ3v) is 2.91. The van der Waals surface area contributed by atoms with Crippen LogP contribution in [-0.4, -0.2) is 41.8 Å². The van der Waals surface area contributed by atoms with Crippen LogP contribution in [0, 0.1) is 0 Å². The summed E-state index contributed by atoms with van der Waals surface area (Å²) in [6.07, 6.45) is 1.83. The Morgan fingerprint density at radius 2 is 2.29 bits per heavy atom. The minimum Gasteiger partial charge on any atom is -0.481 e. The van der Waals surface area contributed by atoms with E-state index < -0.39 is 11.5 Å². The molecule has 1 aliphatic heterocycles. The zero-order valence-corrected chi connectivity index (χ0v) is 10.1. The van der Waals surface area contributed by atoms with Crippen molar-refractivity contribution in [3.63, 3.8) is 0 Å². The van der Waals surface area contributed by atoms with Crippen LogP contribution in [0.15, 0.2) is 0 Å². The number of nitrogens with one attached hydrogen (secondary N) is 1. The van der Waals surface area contributed by atoms with Crippen LogP contribution in [0.4, 0.5) is 0 Å². The molecule has 1 saturated heterocycles. The first kappa shape index (κ1) is 13.9. The molecule has 4 N–H and O–H groups in total. The van der Waals surface area contributed by atoms with E-state index in [9.17, 15) is 9.59 Å². The van der Waals surface area contributed by atoms with Gasteiger partial charge in [-0.1, -0.05) is 0 Å². The molecular weight excluding hydrogens is 224 g/mol. The largest absolute Gasteiger partial charge is 0.481 e. The van der Waals surface area contributed by atoms with Crippen molar-refractivity contribution in [3.05, 3.63) is 0 Å². The van der Waals surface area contributed by atoms with Crippen molar-refractivity contribution in [2.45, 2.75) is 44.2 Å². The molecule has 1 heterocycles. The molecule has 0 aromatic heterocycles. The summed E-state index contributed by atoms with van der Waals surface area (Å²) in [6.45, 7) is 2.61. The Balaban J connectivity index is 2.28. The van der Waals surface area contributed by atoms with E-state index in [4.69, 9.17) is 15.6 Å². The normalized spacial score (nSPS) is 25.5. The fraction of sp³-hybridized carbons (Fsp3) is 0.818. The molecule has 1 fully saturated rings. The Morgan fingerprint density at radius 3 is 2.82 bits per heavy atom. The fourth-order valence-electron chi connectivity index (χ4n) is 1.76. The third kappa shape index (κ3) is 4.32. The zero-order chi connectivity index (χ0) is 12.9. The van der Waals surface area contributed by atoms with E-state index in [1.54, 1.807) is 0 Å². The SMILES string of the molecule is CC(CCCC(=O)O)NC(=O)C1(N)CCOC1. The summed E-state index contributed by atoms with van der Waals surface area (Å²) in [4.78, 5) is 22.2. The average Bonchev–Trinajstić information content (AvgIpc) is 2.66. The predicted octanol–water partition coefficient (Wildman–Crippen LogP) is -0.136. The van der Waals surface area contributed by atoms with Crippen molar-refractivity contribution in [1.82, 2.24) is 5.32 Å². The second-order valence-electron chi connectivity index (χ2n) is 4.62. The van der Waals surface area contributed by atoms with Crippen LogP contribution in [0.3, 0.4) is 0 Å². The number of rotatable bonds is 6. The number of carboxylic acids is 1. The van der Waals surface area contributed by atoms with Crippen molar-refractivity contribution in [2.24, 2.45) is 5.73 Å². The molecule has 0 spiro atoms. The molecular formula is C11H20N2O4. The average molecular weight is 244 g/mol. The number of aliphatic carboxylic acids is 1. The van der Waals surface area contributed by atoms with Crippen LogP contribution in [0.25, 0.3) is 0 Å². The molecule has 0 bridgehead atoms. The highest BCUT2D eigenvalue weighted by atomic mass is 16.5. The van der Waals surface area contributed by atoms with E-state index in [2.05, 4.69) is 5.32 Å². The second-order valence-corrected chi connectivity index (χ2v) is 4.62. The van der Waals surface area contributed by atoms with Crippen LogP contribution in [-0.2, 0) is 14.3 Å². The first-order valence-electron chi connectivity index (χ1n) is 5.83. The van der Waals surface area contributed by atoms with Gasteiger partial charge in [0, 0.05) is 19.1 Å². The second kappa shape index (κ2) is 5.97. The Morgan fingerprint density at radius 1 is 1.59 bits per heavy atom. The summed E-state index contributed by atoms with van der Waals surface area (Å²) < 4.78 is 5.11. The molecule has 6 heteroatoms. The lowest BCUT2D eigenvalue weighted by Gasteiger charge is -2.23. The Kier molecular flexibility index (Phi) is 4.89. The molecule has 0 saturated carbocycles. The van der Waals surface area contributed by atoms with Gasteiger partial charge in [0.05, 0.1) is 6.61 Å². The van der Waals surface area contributed by atoms with E-state index in [0.717, 1.165) is 0 Å². The highest BCUT2D eigenvalue weighted by molar-refractivity contribution is 5.86. The molecule has 2 unspecified atom stereocenters. The molecule has 1 amide bonds. The third-order valence-electron chi connectivity index (χ3n) is 2.91. The van der Waals surface area contributed by atoms with Crippen molar-refractivity contribution >= 4 is 11.9 Å². The molecule has 17 heavy (non-hydrogen) atoms. The molecule has 1 rings (SSSR count). The smallest absolute Gasteiger partial charge is 0.303 e. The maximum absolute atomic E-state index is 11.8. The molecule has 0 aromatic rings. The van der Waals surface area contributed by atoms with Gasteiger partial charge >= 0.3 is 5.97 Å². The quantitative estimate of drug-likeness (QED) is 0.604. The van der Waals surface area contributed by atoms with Gasteiger partial charge in [0.1, 0.15) is 5.54 Å². The lowest BCUT2D eigenvalue weighted by atomic mass is 9.98. The number of amides is 1. The predicted molar refractivity (Wildman–Crippen MR) is 61.4 cm³/mol. The summed E-state index contributed by atoms with van der Waals surface area (Å²) in [7, 11) is 0. The minimum atomic E-state index is -0.916. The first-order chi connectivity index (χ1) is 7.94. The van der Waals surface area contributed by atoms with Gasteiger partial charge in [0.25, 0.3) is 0 Å². The van der Waals surface area contributed by atoms with Crippen molar-refractivity contribution < 1.29 is 19.4 Å². The summed E-state index contributed by atoms with van der Waals surface area (Å²) in [5.41, 5.74) is 4.98. The van der Waals surface area contributed by atoms with Gasteiger partial charge < -0.3 is 20.9 Å². The number of hydrogen-bond acceptors (Lipinski definition) is 4. The van der Waals surface area contributed by atoms with Gasteiger partial charge in [-0.05, 0) is 26.2 Å². The summed E-state index contributed by atoms with van der Waals surface area (Å²) in [5.74, 6) is -1.03. The van der Waals surface area contributed by atoms with Gasteiger partial charge in [0.15, 0.2) is 0 Å². The highest BCUT2D eigenvalue weighted by Crippen LogP contribution is 2.16. The maximum atomic E-state index is 11.8. The van der Waals surface area contributed by atoms with Crippen LogP contribution < -0.4 is 11.1 Å². The summed E-state index contributed by atoms with van der Waals surface area (Å²) in [5, 5.41) is 11.3. The number of carbonyl (C=O) groups excluding carboxylic acids is 1. The number of nitrogens with two attached hydrogens (primary N) is 1. The topological polar surface area (TPSA) is 102 Å². The van der Waals surface area contributed by atoms with Gasteiger partial charge in [-0.2, -0.15) is 0 Å². The Labute approximate surface area is 101 Å². The molecule has 0 aliphatic carbocycles. The van der Waals surface area contributed by atoms with Crippen molar-refractivity contribution in [2.75, 3.05) is 13.2 Å². The zero-order valence-electron chi connectivity index (χ0n) is 10.1. The van der Waals surface area contributed by atoms with Crippen molar-refractivity contribution in [3.8, 4) is 0 Å². The number of carbonyl (C=O) groups is 2. The maximum Gasteiger partial charge on any atom is 0.303 e.